The van der Waals surface area contributed by atoms with Gasteiger partial charge in [-0.05, 0) is 26.0 Å². The van der Waals surface area contributed by atoms with Crippen LogP contribution in [-0.2, 0) is 14.8 Å². The Hall–Kier alpha value is -1.80. The van der Waals surface area contributed by atoms with Gasteiger partial charge in [0.1, 0.15) is 16.4 Å². The van der Waals surface area contributed by atoms with E-state index in [4.69, 9.17) is 9.47 Å². The van der Waals surface area contributed by atoms with Crippen LogP contribution in [0.4, 0.5) is 0 Å². The predicted molar refractivity (Wildman–Crippen MR) is 85.2 cm³/mol. The van der Waals surface area contributed by atoms with Crippen molar-refractivity contribution in [3.05, 3.63) is 18.2 Å². The molecule has 7 nitrogen and oxygen atoms in total. The third-order valence-corrected chi connectivity index (χ3v) is 5.72. The number of amides is 1. The number of ether oxygens (including phenoxy) is 2. The number of benzene rings is 1. The van der Waals surface area contributed by atoms with Crippen molar-refractivity contribution in [3.63, 3.8) is 0 Å². The van der Waals surface area contributed by atoms with Crippen molar-refractivity contribution in [2.24, 2.45) is 0 Å². The van der Waals surface area contributed by atoms with Crippen LogP contribution in [0.15, 0.2) is 23.1 Å². The van der Waals surface area contributed by atoms with E-state index in [1.54, 1.807) is 11.0 Å². The van der Waals surface area contributed by atoms with Gasteiger partial charge >= 0.3 is 0 Å². The summed E-state index contributed by atoms with van der Waals surface area (Å²) in [4.78, 5) is 13.9. The first-order valence-electron chi connectivity index (χ1n) is 7.33. The van der Waals surface area contributed by atoms with Gasteiger partial charge in [-0.1, -0.05) is 0 Å². The second kappa shape index (κ2) is 6.76. The van der Waals surface area contributed by atoms with Gasteiger partial charge in [0.2, 0.25) is 15.9 Å². The van der Waals surface area contributed by atoms with Crippen molar-refractivity contribution in [3.8, 4) is 11.5 Å². The van der Waals surface area contributed by atoms with Gasteiger partial charge in [-0.15, -0.1) is 0 Å². The van der Waals surface area contributed by atoms with E-state index in [-0.39, 0.29) is 35.7 Å². The maximum Gasteiger partial charge on any atom is 0.247 e. The topological polar surface area (TPSA) is 76.2 Å². The molecule has 0 aliphatic carbocycles. The Labute approximate surface area is 136 Å². The summed E-state index contributed by atoms with van der Waals surface area (Å²) < 4.78 is 37.1. The number of hydrogen-bond donors (Lipinski definition) is 0. The molecule has 1 heterocycles. The molecule has 0 unspecified atom stereocenters. The van der Waals surface area contributed by atoms with Crippen LogP contribution in [0, 0.1) is 0 Å². The minimum atomic E-state index is -3.81. The highest BCUT2D eigenvalue weighted by molar-refractivity contribution is 7.89. The van der Waals surface area contributed by atoms with Gasteiger partial charge < -0.3 is 14.4 Å². The number of hydrogen-bond acceptors (Lipinski definition) is 5. The standard InChI is InChI=1S/C15H22N2O5S/c1-11(2)17-8-7-16(10-15(17)18)23(19,20)14-6-5-12(21-3)9-13(14)22-4/h5-6,9,11H,7-8,10H2,1-4H3. The summed E-state index contributed by atoms with van der Waals surface area (Å²) in [6.45, 7) is 4.31. The summed E-state index contributed by atoms with van der Waals surface area (Å²) in [6.07, 6.45) is 0. The molecule has 1 aromatic carbocycles. The zero-order valence-corrected chi connectivity index (χ0v) is 14.6. The molecule has 128 valence electrons. The molecule has 0 aromatic heterocycles. The monoisotopic (exact) mass is 342 g/mol. The Bertz CT molecular complexity index is 687. The lowest BCUT2D eigenvalue weighted by molar-refractivity contribution is -0.135. The van der Waals surface area contributed by atoms with Crippen molar-refractivity contribution in [1.82, 2.24) is 9.21 Å². The van der Waals surface area contributed by atoms with E-state index in [2.05, 4.69) is 0 Å². The number of nitrogens with zero attached hydrogens (tertiary/aromatic N) is 2. The number of sulfonamides is 1. The lowest BCUT2D eigenvalue weighted by Crippen LogP contribution is -2.54. The molecule has 23 heavy (non-hydrogen) atoms. The fourth-order valence-electron chi connectivity index (χ4n) is 2.54. The van der Waals surface area contributed by atoms with Crippen LogP contribution in [0.3, 0.4) is 0 Å². The maximum atomic E-state index is 12.8. The number of carbonyl (C=O) groups is 1. The summed E-state index contributed by atoms with van der Waals surface area (Å²) in [6, 6.07) is 4.57. The second-order valence-corrected chi connectivity index (χ2v) is 7.44. The highest BCUT2D eigenvalue weighted by atomic mass is 32.2. The summed E-state index contributed by atoms with van der Waals surface area (Å²) in [5.74, 6) is 0.506. The third kappa shape index (κ3) is 3.42. The lowest BCUT2D eigenvalue weighted by atomic mass is 10.2. The molecular weight excluding hydrogens is 320 g/mol. The number of piperazine rings is 1. The van der Waals surface area contributed by atoms with Crippen LogP contribution in [0.2, 0.25) is 0 Å². The number of rotatable bonds is 5. The van der Waals surface area contributed by atoms with Gasteiger partial charge in [0, 0.05) is 25.2 Å². The molecule has 1 aliphatic rings. The van der Waals surface area contributed by atoms with Crippen molar-refractivity contribution in [2.75, 3.05) is 33.9 Å². The molecule has 1 saturated heterocycles. The number of carbonyl (C=O) groups excluding carboxylic acids is 1. The maximum absolute atomic E-state index is 12.8. The molecule has 1 amide bonds. The van der Waals surface area contributed by atoms with Gasteiger partial charge in [-0.2, -0.15) is 4.31 Å². The average molecular weight is 342 g/mol. The average Bonchev–Trinajstić information content (AvgIpc) is 2.53. The Balaban J connectivity index is 2.31. The van der Waals surface area contributed by atoms with Crippen LogP contribution in [0.5, 0.6) is 11.5 Å². The van der Waals surface area contributed by atoms with Crippen LogP contribution < -0.4 is 9.47 Å². The fraction of sp³-hybridized carbons (Fsp3) is 0.533. The zero-order valence-electron chi connectivity index (χ0n) is 13.8. The Morgan fingerprint density at radius 3 is 2.35 bits per heavy atom. The zero-order chi connectivity index (χ0) is 17.2. The molecular formula is C15H22N2O5S. The number of methoxy groups -OCH3 is 2. The fourth-order valence-corrected chi connectivity index (χ4v) is 4.06. The molecule has 2 rings (SSSR count). The third-order valence-electron chi connectivity index (χ3n) is 3.83. The van der Waals surface area contributed by atoms with Crippen molar-refractivity contribution < 1.29 is 22.7 Å². The molecule has 1 aliphatic heterocycles. The van der Waals surface area contributed by atoms with Crippen LogP contribution >= 0.6 is 0 Å². The summed E-state index contributed by atoms with van der Waals surface area (Å²) in [5, 5.41) is 0. The predicted octanol–water partition coefficient (Wildman–Crippen LogP) is 0.945. The molecule has 1 fully saturated rings. The highest BCUT2D eigenvalue weighted by Gasteiger charge is 2.35. The Morgan fingerprint density at radius 1 is 1.13 bits per heavy atom. The van der Waals surface area contributed by atoms with Crippen molar-refractivity contribution in [1.29, 1.82) is 0 Å². The first-order chi connectivity index (χ1) is 10.8. The van der Waals surface area contributed by atoms with E-state index in [1.807, 2.05) is 13.8 Å². The van der Waals surface area contributed by atoms with E-state index < -0.39 is 10.0 Å². The minimum absolute atomic E-state index is 0.0339. The summed E-state index contributed by atoms with van der Waals surface area (Å²) in [5.41, 5.74) is 0. The minimum Gasteiger partial charge on any atom is -0.497 e. The molecule has 0 atom stereocenters. The second-order valence-electron chi connectivity index (χ2n) is 5.54. The van der Waals surface area contributed by atoms with Gasteiger partial charge in [-0.3, -0.25) is 4.79 Å². The normalized spacial score (nSPS) is 16.7. The van der Waals surface area contributed by atoms with Gasteiger partial charge in [0.25, 0.3) is 0 Å². The van der Waals surface area contributed by atoms with E-state index >= 15 is 0 Å². The smallest absolute Gasteiger partial charge is 0.247 e. The van der Waals surface area contributed by atoms with Crippen molar-refractivity contribution >= 4 is 15.9 Å². The molecule has 1 aromatic rings. The molecule has 0 N–H and O–H groups in total. The SMILES string of the molecule is COc1ccc(S(=O)(=O)N2CCN(C(C)C)C(=O)C2)c(OC)c1. The molecule has 0 bridgehead atoms. The molecule has 0 radical (unpaired) electrons. The Kier molecular flexibility index (Phi) is 5.16. The summed E-state index contributed by atoms with van der Waals surface area (Å²) in [7, 11) is -0.915. The van der Waals surface area contributed by atoms with E-state index in [0.717, 1.165) is 0 Å². The van der Waals surface area contributed by atoms with Gasteiger partial charge in [0.05, 0.1) is 20.8 Å². The van der Waals surface area contributed by atoms with Crippen LogP contribution in [-0.4, -0.2) is 63.4 Å². The van der Waals surface area contributed by atoms with Crippen molar-refractivity contribution in [2.45, 2.75) is 24.8 Å². The van der Waals surface area contributed by atoms with Gasteiger partial charge in [-0.25, -0.2) is 8.42 Å². The first kappa shape index (κ1) is 17.6. The largest absolute Gasteiger partial charge is 0.497 e. The Morgan fingerprint density at radius 2 is 1.83 bits per heavy atom. The van der Waals surface area contributed by atoms with E-state index in [0.29, 0.717) is 12.3 Å². The molecule has 0 spiro atoms. The summed E-state index contributed by atoms with van der Waals surface area (Å²) >= 11 is 0. The quantitative estimate of drug-likeness (QED) is 0.796. The van der Waals surface area contributed by atoms with E-state index in [1.165, 1.54) is 30.7 Å². The van der Waals surface area contributed by atoms with Crippen LogP contribution in [0.1, 0.15) is 13.8 Å². The lowest BCUT2D eigenvalue weighted by Gasteiger charge is -2.36. The molecule has 0 saturated carbocycles. The molecule has 8 heteroatoms. The highest BCUT2D eigenvalue weighted by Crippen LogP contribution is 2.31. The van der Waals surface area contributed by atoms with Gasteiger partial charge in [0.15, 0.2) is 0 Å². The first-order valence-corrected chi connectivity index (χ1v) is 8.77. The van der Waals surface area contributed by atoms with Crippen LogP contribution in [0.25, 0.3) is 0 Å². The van der Waals surface area contributed by atoms with E-state index in [9.17, 15) is 13.2 Å².